The molecular formula is C55H39N. The summed E-state index contributed by atoms with van der Waals surface area (Å²) in [6.45, 7) is 4.71. The fourth-order valence-corrected chi connectivity index (χ4v) is 9.42. The zero-order valence-electron chi connectivity index (χ0n) is 31.5. The van der Waals surface area contributed by atoms with Crippen molar-refractivity contribution in [2.75, 3.05) is 4.90 Å². The van der Waals surface area contributed by atoms with E-state index >= 15 is 0 Å². The molecule has 56 heavy (non-hydrogen) atoms. The molecule has 0 aliphatic heterocycles. The topological polar surface area (TPSA) is 3.24 Å². The van der Waals surface area contributed by atoms with Crippen LogP contribution in [0.5, 0.6) is 0 Å². The number of nitrogens with zero attached hydrogens (tertiary/aromatic N) is 1. The quantitative estimate of drug-likeness (QED) is 0.161. The maximum Gasteiger partial charge on any atom is 0.0543 e. The standard InChI is InChI=1S/C55H39N/c1-55(2)51-18-8-7-16-49(51)54-52(55)19-10-20-53(54)56(43-31-25-39(26-32-43)45-17-9-13-37-11-3-5-14-44(37)45)42-29-23-36(24-30-42)41-22-21-40-28-33-47-46-15-6-4-12-38(46)27-34-48(47)50(40)35-41/h3-35H,1-2H3. The Bertz CT molecular complexity index is 3150. The number of fused-ring (bicyclic) bond motifs is 9. The van der Waals surface area contributed by atoms with E-state index in [0.29, 0.717) is 0 Å². The smallest absolute Gasteiger partial charge is 0.0543 e. The molecule has 0 spiro atoms. The van der Waals surface area contributed by atoms with Gasteiger partial charge in [-0.05, 0) is 118 Å². The first kappa shape index (κ1) is 32.5. The molecule has 0 atom stereocenters. The first-order valence-corrected chi connectivity index (χ1v) is 19.6. The molecule has 0 heterocycles. The van der Waals surface area contributed by atoms with Crippen LogP contribution in [0.2, 0.25) is 0 Å². The largest absolute Gasteiger partial charge is 0.310 e. The Labute approximate surface area is 327 Å². The lowest BCUT2D eigenvalue weighted by atomic mass is 9.82. The van der Waals surface area contributed by atoms with E-state index in [4.69, 9.17) is 0 Å². The Balaban J connectivity index is 1.05. The third kappa shape index (κ3) is 5.01. The lowest BCUT2D eigenvalue weighted by Crippen LogP contribution is -2.16. The van der Waals surface area contributed by atoms with Crippen LogP contribution in [-0.2, 0) is 5.41 Å². The lowest BCUT2D eigenvalue weighted by Gasteiger charge is -2.29. The molecule has 1 heteroatoms. The van der Waals surface area contributed by atoms with Crippen molar-refractivity contribution in [2.45, 2.75) is 19.3 Å². The van der Waals surface area contributed by atoms with Crippen LogP contribution in [0.3, 0.4) is 0 Å². The van der Waals surface area contributed by atoms with Gasteiger partial charge in [0.15, 0.2) is 0 Å². The molecule has 264 valence electrons. The average Bonchev–Trinajstić information content (AvgIpc) is 3.50. The van der Waals surface area contributed by atoms with E-state index < -0.39 is 0 Å². The maximum absolute atomic E-state index is 2.45. The predicted molar refractivity (Wildman–Crippen MR) is 240 cm³/mol. The van der Waals surface area contributed by atoms with E-state index in [1.165, 1.54) is 93.3 Å². The first-order chi connectivity index (χ1) is 27.5. The monoisotopic (exact) mass is 713 g/mol. The summed E-state index contributed by atoms with van der Waals surface area (Å²) in [5.41, 5.74) is 13.6. The Hall–Kier alpha value is -6.96. The second kappa shape index (κ2) is 12.5. The normalized spacial score (nSPS) is 13.0. The van der Waals surface area contributed by atoms with Crippen LogP contribution < -0.4 is 4.90 Å². The minimum Gasteiger partial charge on any atom is -0.310 e. The van der Waals surface area contributed by atoms with E-state index in [9.17, 15) is 0 Å². The van der Waals surface area contributed by atoms with Crippen molar-refractivity contribution in [1.29, 1.82) is 0 Å². The van der Waals surface area contributed by atoms with Gasteiger partial charge in [0.05, 0.1) is 5.69 Å². The summed E-state index contributed by atoms with van der Waals surface area (Å²) < 4.78 is 0. The van der Waals surface area contributed by atoms with E-state index in [1.807, 2.05) is 0 Å². The minimum absolute atomic E-state index is 0.0950. The maximum atomic E-state index is 2.45. The molecule has 0 N–H and O–H groups in total. The van der Waals surface area contributed by atoms with Crippen molar-refractivity contribution < 1.29 is 0 Å². The van der Waals surface area contributed by atoms with E-state index in [2.05, 4.69) is 219 Å². The molecule has 11 rings (SSSR count). The third-order valence-corrected chi connectivity index (χ3v) is 12.3. The van der Waals surface area contributed by atoms with Gasteiger partial charge in [-0.3, -0.25) is 0 Å². The van der Waals surface area contributed by atoms with Gasteiger partial charge in [-0.15, -0.1) is 0 Å². The summed E-state index contributed by atoms with van der Waals surface area (Å²) in [6, 6.07) is 74.0. The van der Waals surface area contributed by atoms with Crippen LogP contribution >= 0.6 is 0 Å². The van der Waals surface area contributed by atoms with Gasteiger partial charge in [-0.25, -0.2) is 0 Å². The van der Waals surface area contributed by atoms with Gasteiger partial charge >= 0.3 is 0 Å². The van der Waals surface area contributed by atoms with Crippen LogP contribution in [0.15, 0.2) is 200 Å². The van der Waals surface area contributed by atoms with Crippen LogP contribution in [-0.4, -0.2) is 0 Å². The number of rotatable bonds is 5. The van der Waals surface area contributed by atoms with Crippen molar-refractivity contribution in [3.63, 3.8) is 0 Å². The van der Waals surface area contributed by atoms with Gasteiger partial charge in [0.2, 0.25) is 0 Å². The SMILES string of the molecule is CC1(C)c2ccccc2-c2c(N(c3ccc(-c4ccc5ccc6c7ccccc7ccc6c5c4)cc3)c3ccc(-c4cccc5ccccc45)cc3)cccc21. The molecule has 1 aliphatic rings. The Morgan fingerprint density at radius 1 is 0.339 bits per heavy atom. The van der Waals surface area contributed by atoms with Crippen molar-refractivity contribution in [3.8, 4) is 33.4 Å². The molecule has 0 amide bonds. The van der Waals surface area contributed by atoms with E-state index in [1.54, 1.807) is 0 Å². The zero-order valence-corrected chi connectivity index (χ0v) is 31.5. The summed E-state index contributed by atoms with van der Waals surface area (Å²) in [5, 5.41) is 10.2. The molecule has 1 aliphatic carbocycles. The number of hydrogen-bond donors (Lipinski definition) is 0. The highest BCUT2D eigenvalue weighted by molar-refractivity contribution is 6.17. The van der Waals surface area contributed by atoms with E-state index in [0.717, 1.165) is 11.4 Å². The third-order valence-electron chi connectivity index (χ3n) is 12.3. The fraction of sp³-hybridized carbons (Fsp3) is 0.0545. The van der Waals surface area contributed by atoms with Gasteiger partial charge in [0.1, 0.15) is 0 Å². The van der Waals surface area contributed by atoms with Gasteiger partial charge in [0.25, 0.3) is 0 Å². The van der Waals surface area contributed by atoms with Gasteiger partial charge in [0, 0.05) is 22.4 Å². The highest BCUT2D eigenvalue weighted by Crippen LogP contribution is 2.54. The Morgan fingerprint density at radius 3 is 1.62 bits per heavy atom. The molecule has 10 aromatic rings. The van der Waals surface area contributed by atoms with Gasteiger partial charge in [-0.1, -0.05) is 178 Å². The van der Waals surface area contributed by atoms with Gasteiger partial charge in [-0.2, -0.15) is 0 Å². The summed E-state index contributed by atoms with van der Waals surface area (Å²) >= 11 is 0. The fourth-order valence-electron chi connectivity index (χ4n) is 9.42. The van der Waals surface area contributed by atoms with E-state index in [-0.39, 0.29) is 5.41 Å². The van der Waals surface area contributed by atoms with Gasteiger partial charge < -0.3 is 4.90 Å². The molecule has 0 radical (unpaired) electrons. The number of hydrogen-bond acceptors (Lipinski definition) is 1. The summed E-state index contributed by atoms with van der Waals surface area (Å²) in [4.78, 5) is 2.45. The summed E-state index contributed by atoms with van der Waals surface area (Å²) in [5.74, 6) is 0. The molecule has 0 saturated carbocycles. The van der Waals surface area contributed by atoms with Crippen LogP contribution in [0.25, 0.3) is 76.5 Å². The Morgan fingerprint density at radius 2 is 0.857 bits per heavy atom. The molecule has 0 unspecified atom stereocenters. The second-order valence-electron chi connectivity index (χ2n) is 15.7. The highest BCUT2D eigenvalue weighted by Gasteiger charge is 2.37. The molecular weight excluding hydrogens is 675 g/mol. The predicted octanol–water partition coefficient (Wildman–Crippen LogP) is 15.4. The lowest BCUT2D eigenvalue weighted by molar-refractivity contribution is 0.660. The molecule has 0 bridgehead atoms. The van der Waals surface area contributed by atoms with Crippen LogP contribution in [0.1, 0.15) is 25.0 Å². The number of anilines is 3. The molecule has 0 saturated heterocycles. The van der Waals surface area contributed by atoms with Crippen molar-refractivity contribution >= 4 is 60.2 Å². The van der Waals surface area contributed by atoms with Crippen molar-refractivity contribution in [2.24, 2.45) is 0 Å². The molecule has 0 fully saturated rings. The highest BCUT2D eigenvalue weighted by atomic mass is 15.1. The molecule has 0 aromatic heterocycles. The minimum atomic E-state index is -0.0950. The van der Waals surface area contributed by atoms with Crippen LogP contribution in [0.4, 0.5) is 17.1 Å². The molecule has 1 nitrogen and oxygen atoms in total. The number of benzene rings is 10. The second-order valence-corrected chi connectivity index (χ2v) is 15.7. The summed E-state index contributed by atoms with van der Waals surface area (Å²) in [6.07, 6.45) is 0. The summed E-state index contributed by atoms with van der Waals surface area (Å²) in [7, 11) is 0. The Kier molecular flexibility index (Phi) is 7.28. The van der Waals surface area contributed by atoms with Crippen molar-refractivity contribution in [3.05, 3.63) is 211 Å². The first-order valence-electron chi connectivity index (χ1n) is 19.6. The van der Waals surface area contributed by atoms with Crippen LogP contribution in [0, 0.1) is 0 Å². The van der Waals surface area contributed by atoms with Crippen molar-refractivity contribution in [1.82, 2.24) is 0 Å². The molecule has 10 aromatic carbocycles. The average molecular weight is 714 g/mol. The zero-order chi connectivity index (χ0) is 37.4.